The molecule has 3 N–H and O–H groups in total. The molecule has 182 valence electrons. The molecule has 0 aliphatic heterocycles. The Morgan fingerprint density at radius 2 is 1.66 bits per heavy atom. The van der Waals surface area contributed by atoms with Crippen LogP contribution in [0, 0.1) is 35.5 Å². The molecule has 0 aromatic heterocycles. The SMILES string of the molecule is CCO/C(=N/NC(N)=O)[C@H](C(C)=O)[C@H](C)[C@H](C(C)=O)C(=O)O[C@@H]1C[C@H](C)CC[C@H]1C(C)C. The molecule has 0 bridgehead atoms. The van der Waals surface area contributed by atoms with Gasteiger partial charge in [-0.05, 0) is 57.3 Å². The third-order valence-corrected chi connectivity index (χ3v) is 6.24. The van der Waals surface area contributed by atoms with E-state index in [1.54, 1.807) is 13.8 Å². The van der Waals surface area contributed by atoms with Crippen LogP contribution in [0.15, 0.2) is 5.10 Å². The maximum absolute atomic E-state index is 13.2. The second-order valence-corrected chi connectivity index (χ2v) is 9.20. The van der Waals surface area contributed by atoms with Crippen molar-refractivity contribution in [1.29, 1.82) is 0 Å². The van der Waals surface area contributed by atoms with Crippen LogP contribution in [0.2, 0.25) is 0 Å². The molecule has 6 atom stereocenters. The molecule has 32 heavy (non-hydrogen) atoms. The van der Waals surface area contributed by atoms with Gasteiger partial charge in [-0.25, -0.2) is 10.2 Å². The zero-order valence-electron chi connectivity index (χ0n) is 20.3. The second-order valence-electron chi connectivity index (χ2n) is 9.20. The number of hydrogen-bond acceptors (Lipinski definition) is 7. The first-order valence-corrected chi connectivity index (χ1v) is 11.4. The molecule has 0 spiro atoms. The number of carbonyl (C=O) groups excluding carboxylic acids is 4. The number of amides is 2. The molecule has 0 radical (unpaired) electrons. The molecule has 9 nitrogen and oxygen atoms in total. The van der Waals surface area contributed by atoms with E-state index in [0.29, 0.717) is 11.8 Å². The van der Waals surface area contributed by atoms with E-state index in [2.05, 4.69) is 31.3 Å². The highest BCUT2D eigenvalue weighted by Gasteiger charge is 2.43. The largest absolute Gasteiger partial charge is 0.479 e. The normalized spacial score (nSPS) is 24.2. The number of rotatable bonds is 10. The topological polar surface area (TPSA) is 137 Å². The summed E-state index contributed by atoms with van der Waals surface area (Å²) in [6.07, 6.45) is 2.52. The molecule has 1 aliphatic rings. The van der Waals surface area contributed by atoms with Gasteiger partial charge in [-0.2, -0.15) is 0 Å². The molecule has 2 amide bonds. The van der Waals surface area contributed by atoms with E-state index in [0.717, 1.165) is 19.3 Å². The van der Waals surface area contributed by atoms with Gasteiger partial charge in [-0.3, -0.25) is 14.4 Å². The van der Waals surface area contributed by atoms with Crippen molar-refractivity contribution in [1.82, 2.24) is 5.43 Å². The minimum absolute atomic E-state index is 0.100. The van der Waals surface area contributed by atoms with Crippen LogP contribution in [0.5, 0.6) is 0 Å². The van der Waals surface area contributed by atoms with Crippen LogP contribution in [-0.4, -0.2) is 42.2 Å². The van der Waals surface area contributed by atoms with Crippen molar-refractivity contribution < 1.29 is 28.7 Å². The summed E-state index contributed by atoms with van der Waals surface area (Å²) in [5.74, 6) is -3.51. The predicted molar refractivity (Wildman–Crippen MR) is 121 cm³/mol. The number of Topliss-reactive ketones (excluding diaryl/α,β-unsaturated/α-hetero) is 2. The molecule has 1 saturated carbocycles. The van der Waals surface area contributed by atoms with Crippen LogP contribution in [-0.2, 0) is 23.9 Å². The van der Waals surface area contributed by atoms with E-state index in [9.17, 15) is 19.2 Å². The average Bonchev–Trinajstić information content (AvgIpc) is 2.65. The average molecular weight is 454 g/mol. The van der Waals surface area contributed by atoms with Gasteiger partial charge in [-0.15, -0.1) is 5.10 Å². The smallest absolute Gasteiger partial charge is 0.332 e. The molecule has 9 heteroatoms. The van der Waals surface area contributed by atoms with Crippen LogP contribution in [0.4, 0.5) is 4.79 Å². The number of hydrazone groups is 1. The summed E-state index contributed by atoms with van der Waals surface area (Å²) < 4.78 is 11.4. The highest BCUT2D eigenvalue weighted by atomic mass is 16.5. The lowest BCUT2D eigenvalue weighted by Gasteiger charge is -2.38. The number of ether oxygens (including phenoxy) is 2. The zero-order chi connectivity index (χ0) is 24.6. The fraction of sp³-hybridized carbons (Fsp3) is 0.783. The maximum atomic E-state index is 13.2. The van der Waals surface area contributed by atoms with Crippen LogP contribution < -0.4 is 11.2 Å². The summed E-state index contributed by atoms with van der Waals surface area (Å²) in [6.45, 7) is 12.4. The van der Waals surface area contributed by atoms with Gasteiger partial charge in [0, 0.05) is 0 Å². The van der Waals surface area contributed by atoms with Gasteiger partial charge in [0.1, 0.15) is 23.6 Å². The number of nitrogens with two attached hydrogens (primary N) is 1. The monoisotopic (exact) mass is 453 g/mol. The Morgan fingerprint density at radius 3 is 2.12 bits per heavy atom. The fourth-order valence-electron chi connectivity index (χ4n) is 4.63. The standard InChI is InChI=1S/C23H39N3O6/c1-8-31-21(25-26-23(24)30)19(15(6)27)14(5)20(16(7)28)22(29)32-18-11-13(4)9-10-17(18)12(2)3/h12-14,17-20H,8-11H2,1-7H3,(H3,24,26,30)/b25-21+/t13-,14+,17+,18-,19+,20-/m1/s1. The van der Waals surface area contributed by atoms with Gasteiger partial charge in [0.2, 0.25) is 5.90 Å². The lowest BCUT2D eigenvalue weighted by molar-refractivity contribution is -0.165. The molecule has 1 aliphatic carbocycles. The Kier molecular flexibility index (Phi) is 10.8. The van der Waals surface area contributed by atoms with Gasteiger partial charge in [0.25, 0.3) is 0 Å². The number of nitrogens with one attached hydrogen (secondary N) is 1. The summed E-state index contributed by atoms with van der Waals surface area (Å²) in [5, 5.41) is 3.80. The Hall–Kier alpha value is -2.45. The van der Waals surface area contributed by atoms with Crippen LogP contribution in [0.1, 0.15) is 67.7 Å². The van der Waals surface area contributed by atoms with Gasteiger partial charge in [-0.1, -0.05) is 34.1 Å². The Balaban J connectivity index is 3.21. The van der Waals surface area contributed by atoms with Crippen molar-refractivity contribution in [3.8, 4) is 0 Å². The van der Waals surface area contributed by atoms with Crippen LogP contribution in [0.25, 0.3) is 0 Å². The van der Waals surface area contributed by atoms with Crippen molar-refractivity contribution in [3.63, 3.8) is 0 Å². The molecule has 0 unspecified atom stereocenters. The number of esters is 1. The lowest BCUT2D eigenvalue weighted by atomic mass is 9.75. The fourth-order valence-corrected chi connectivity index (χ4v) is 4.63. The summed E-state index contributed by atoms with van der Waals surface area (Å²) >= 11 is 0. The predicted octanol–water partition coefficient (Wildman–Crippen LogP) is 3.06. The van der Waals surface area contributed by atoms with E-state index in [1.807, 2.05) is 0 Å². The molecule has 0 aromatic rings. The van der Waals surface area contributed by atoms with E-state index in [1.165, 1.54) is 13.8 Å². The van der Waals surface area contributed by atoms with E-state index in [-0.39, 0.29) is 30.3 Å². The number of carbonyl (C=O) groups is 4. The minimum atomic E-state index is -1.17. The first kappa shape index (κ1) is 27.6. The van der Waals surface area contributed by atoms with E-state index in [4.69, 9.17) is 15.2 Å². The van der Waals surface area contributed by atoms with Gasteiger partial charge in [0.15, 0.2) is 0 Å². The number of hydrogen-bond donors (Lipinski definition) is 2. The van der Waals surface area contributed by atoms with Crippen LogP contribution >= 0.6 is 0 Å². The third kappa shape index (κ3) is 7.60. The van der Waals surface area contributed by atoms with Crippen molar-refractivity contribution in [2.45, 2.75) is 73.8 Å². The number of ketones is 2. The first-order valence-electron chi connectivity index (χ1n) is 11.4. The van der Waals surface area contributed by atoms with E-state index >= 15 is 0 Å². The first-order chi connectivity index (χ1) is 14.9. The number of urea groups is 1. The zero-order valence-corrected chi connectivity index (χ0v) is 20.3. The maximum Gasteiger partial charge on any atom is 0.332 e. The molecule has 1 rings (SSSR count). The number of primary amides is 1. The van der Waals surface area contributed by atoms with Gasteiger partial charge >= 0.3 is 12.0 Å². The molecular weight excluding hydrogens is 414 g/mol. The molecular formula is C23H39N3O6. The van der Waals surface area contributed by atoms with Crippen molar-refractivity contribution in [2.75, 3.05) is 6.61 Å². The minimum Gasteiger partial charge on any atom is -0.479 e. The van der Waals surface area contributed by atoms with Gasteiger partial charge < -0.3 is 15.2 Å². The third-order valence-electron chi connectivity index (χ3n) is 6.24. The quantitative estimate of drug-likeness (QED) is 0.171. The molecule has 1 fully saturated rings. The van der Waals surface area contributed by atoms with E-state index < -0.39 is 35.5 Å². The summed E-state index contributed by atoms with van der Waals surface area (Å²) in [4.78, 5) is 49.3. The Morgan fingerprint density at radius 1 is 1.06 bits per heavy atom. The van der Waals surface area contributed by atoms with Crippen LogP contribution in [0.3, 0.4) is 0 Å². The van der Waals surface area contributed by atoms with Crippen molar-refractivity contribution in [3.05, 3.63) is 0 Å². The van der Waals surface area contributed by atoms with Gasteiger partial charge in [0.05, 0.1) is 12.5 Å². The summed E-state index contributed by atoms with van der Waals surface area (Å²) in [7, 11) is 0. The Labute approximate surface area is 190 Å². The van der Waals surface area contributed by atoms with Crippen molar-refractivity contribution in [2.24, 2.45) is 46.3 Å². The van der Waals surface area contributed by atoms with Crippen molar-refractivity contribution >= 4 is 29.5 Å². The highest BCUT2D eigenvalue weighted by molar-refractivity contribution is 6.04. The second kappa shape index (κ2) is 12.6. The molecule has 0 aromatic carbocycles. The molecule has 0 heterocycles. The Bertz CT molecular complexity index is 721. The highest BCUT2D eigenvalue weighted by Crippen LogP contribution is 2.36. The molecule has 0 saturated heterocycles. The summed E-state index contributed by atoms with van der Waals surface area (Å²) in [5.41, 5.74) is 7.13. The lowest BCUT2D eigenvalue weighted by Crippen LogP contribution is -2.44. The summed E-state index contributed by atoms with van der Waals surface area (Å²) in [6, 6.07) is -0.925. The number of nitrogens with zero attached hydrogens (tertiary/aromatic N) is 1.